The lowest BCUT2D eigenvalue weighted by molar-refractivity contribution is -0.130. The average Bonchev–Trinajstić information content (AvgIpc) is 2.30. The lowest BCUT2D eigenvalue weighted by Gasteiger charge is -2.23. The van der Waals surface area contributed by atoms with Crippen molar-refractivity contribution in [1.82, 2.24) is 4.90 Å². The highest BCUT2D eigenvalue weighted by molar-refractivity contribution is 5.78. The molecule has 17 heavy (non-hydrogen) atoms. The van der Waals surface area contributed by atoms with E-state index in [0.717, 1.165) is 12.1 Å². The molecular weight excluding hydrogens is 226 g/mol. The predicted octanol–water partition coefficient (Wildman–Crippen LogP) is 1.31. The van der Waals surface area contributed by atoms with Crippen LogP contribution in [-0.4, -0.2) is 30.4 Å². The lowest BCUT2D eigenvalue weighted by atomic mass is 10.1. The van der Waals surface area contributed by atoms with Gasteiger partial charge in [-0.15, -0.1) is 0 Å². The van der Waals surface area contributed by atoms with Crippen LogP contribution in [0.2, 0.25) is 0 Å². The van der Waals surface area contributed by atoms with Crippen molar-refractivity contribution in [3.8, 4) is 0 Å². The van der Waals surface area contributed by atoms with Crippen molar-refractivity contribution in [3.63, 3.8) is 0 Å². The first kappa shape index (κ1) is 13.6. The maximum Gasteiger partial charge on any atom is 0.227 e. The van der Waals surface area contributed by atoms with Crippen molar-refractivity contribution in [2.75, 3.05) is 13.6 Å². The number of hydrogen-bond donors (Lipinski definition) is 1. The molecule has 5 heteroatoms. The number of carbonyl (C=O) groups excluding carboxylic acids is 1. The number of nitrogens with zero attached hydrogens (tertiary/aromatic N) is 1. The molecule has 0 aromatic heterocycles. The van der Waals surface area contributed by atoms with Gasteiger partial charge in [-0.2, -0.15) is 0 Å². The van der Waals surface area contributed by atoms with Gasteiger partial charge in [-0.1, -0.05) is 6.07 Å². The van der Waals surface area contributed by atoms with Gasteiger partial charge in [0, 0.05) is 25.7 Å². The van der Waals surface area contributed by atoms with Crippen LogP contribution in [0.3, 0.4) is 0 Å². The van der Waals surface area contributed by atoms with Gasteiger partial charge in [0.25, 0.3) is 0 Å². The third-order valence-corrected chi connectivity index (χ3v) is 2.75. The number of nitrogens with two attached hydrogens (primary N) is 1. The molecule has 0 fully saturated rings. The summed E-state index contributed by atoms with van der Waals surface area (Å²) in [6.07, 6.45) is -0.0903. The molecule has 2 N–H and O–H groups in total. The molecule has 0 aliphatic heterocycles. The average molecular weight is 242 g/mol. The van der Waals surface area contributed by atoms with Crippen LogP contribution in [0.15, 0.2) is 18.2 Å². The Morgan fingerprint density at radius 1 is 1.47 bits per heavy atom. The summed E-state index contributed by atoms with van der Waals surface area (Å²) < 4.78 is 26.0. The van der Waals surface area contributed by atoms with Gasteiger partial charge >= 0.3 is 0 Å². The maximum absolute atomic E-state index is 13.3. The van der Waals surface area contributed by atoms with Gasteiger partial charge in [0.15, 0.2) is 0 Å². The van der Waals surface area contributed by atoms with E-state index in [0.29, 0.717) is 6.54 Å². The molecule has 0 aliphatic carbocycles. The van der Waals surface area contributed by atoms with Crippen molar-refractivity contribution in [3.05, 3.63) is 35.4 Å². The third kappa shape index (κ3) is 3.49. The summed E-state index contributed by atoms with van der Waals surface area (Å²) in [6, 6.07) is 3.09. The van der Waals surface area contributed by atoms with Crippen LogP contribution in [0.25, 0.3) is 0 Å². The standard InChI is InChI=1S/C12H16F2N2O/c1-8(7-15)16(2)12(17)5-9-3-4-10(13)6-11(9)14/h3-4,6,8H,5,7,15H2,1-2H3. The van der Waals surface area contributed by atoms with E-state index in [1.54, 1.807) is 14.0 Å². The molecule has 0 heterocycles. The number of benzene rings is 1. The van der Waals surface area contributed by atoms with Gasteiger partial charge in [0.1, 0.15) is 11.6 Å². The number of halogens is 2. The van der Waals surface area contributed by atoms with Crippen molar-refractivity contribution < 1.29 is 13.6 Å². The zero-order valence-corrected chi connectivity index (χ0v) is 9.91. The van der Waals surface area contributed by atoms with Crippen LogP contribution in [0.5, 0.6) is 0 Å². The molecule has 0 aliphatic rings. The topological polar surface area (TPSA) is 46.3 Å². The molecule has 1 unspecified atom stereocenters. The molecular formula is C12H16F2N2O. The van der Waals surface area contributed by atoms with E-state index in [2.05, 4.69) is 0 Å². The Morgan fingerprint density at radius 3 is 2.65 bits per heavy atom. The highest BCUT2D eigenvalue weighted by atomic mass is 19.1. The number of amides is 1. The maximum atomic E-state index is 13.3. The molecule has 0 saturated carbocycles. The van der Waals surface area contributed by atoms with Crippen molar-refractivity contribution >= 4 is 5.91 Å². The van der Waals surface area contributed by atoms with E-state index in [4.69, 9.17) is 5.73 Å². The summed E-state index contributed by atoms with van der Waals surface area (Å²) >= 11 is 0. The van der Waals surface area contributed by atoms with E-state index in [1.807, 2.05) is 0 Å². The molecule has 0 bridgehead atoms. The Morgan fingerprint density at radius 2 is 2.12 bits per heavy atom. The van der Waals surface area contributed by atoms with Crippen molar-refractivity contribution in [1.29, 1.82) is 0 Å². The highest BCUT2D eigenvalue weighted by Crippen LogP contribution is 2.11. The van der Waals surface area contributed by atoms with Gasteiger partial charge in [0.05, 0.1) is 6.42 Å². The number of hydrogen-bond acceptors (Lipinski definition) is 2. The normalized spacial score (nSPS) is 12.3. The van der Waals surface area contributed by atoms with E-state index in [-0.39, 0.29) is 23.9 Å². The summed E-state index contributed by atoms with van der Waals surface area (Å²) in [6.45, 7) is 2.15. The fraction of sp³-hybridized carbons (Fsp3) is 0.417. The molecule has 1 aromatic rings. The van der Waals surface area contributed by atoms with Crippen LogP contribution in [-0.2, 0) is 11.2 Å². The minimum absolute atomic E-state index is 0.0903. The molecule has 94 valence electrons. The second-order valence-electron chi connectivity index (χ2n) is 4.00. The predicted molar refractivity (Wildman–Crippen MR) is 61.3 cm³/mol. The Hall–Kier alpha value is -1.49. The molecule has 1 aromatic carbocycles. The second-order valence-corrected chi connectivity index (χ2v) is 4.00. The van der Waals surface area contributed by atoms with Crippen molar-refractivity contribution in [2.45, 2.75) is 19.4 Å². The summed E-state index contributed by atoms with van der Waals surface area (Å²) in [4.78, 5) is 13.2. The minimum Gasteiger partial charge on any atom is -0.341 e. The van der Waals surface area contributed by atoms with Gasteiger partial charge in [-0.05, 0) is 18.6 Å². The SMILES string of the molecule is CC(CN)N(C)C(=O)Cc1ccc(F)cc1F. The first-order valence-corrected chi connectivity index (χ1v) is 5.35. The quantitative estimate of drug-likeness (QED) is 0.865. The van der Waals surface area contributed by atoms with Crippen LogP contribution in [0, 0.1) is 11.6 Å². The van der Waals surface area contributed by atoms with E-state index in [9.17, 15) is 13.6 Å². The molecule has 0 spiro atoms. The lowest BCUT2D eigenvalue weighted by Crippen LogP contribution is -2.40. The van der Waals surface area contributed by atoms with E-state index < -0.39 is 11.6 Å². The minimum atomic E-state index is -0.702. The Labute approximate surface area is 99.2 Å². The summed E-state index contributed by atoms with van der Waals surface area (Å²) in [5.74, 6) is -1.59. The second kappa shape index (κ2) is 5.72. The zero-order chi connectivity index (χ0) is 13.0. The summed E-state index contributed by atoms with van der Waals surface area (Å²) in [7, 11) is 1.61. The Bertz CT molecular complexity index is 409. The fourth-order valence-corrected chi connectivity index (χ4v) is 1.36. The van der Waals surface area contributed by atoms with Crippen LogP contribution >= 0.6 is 0 Å². The first-order valence-electron chi connectivity index (χ1n) is 5.35. The largest absolute Gasteiger partial charge is 0.341 e. The van der Waals surface area contributed by atoms with Crippen LogP contribution in [0.4, 0.5) is 8.78 Å². The number of likely N-dealkylation sites (N-methyl/N-ethyl adjacent to an activating group) is 1. The molecule has 0 saturated heterocycles. The van der Waals surface area contributed by atoms with Crippen LogP contribution < -0.4 is 5.73 Å². The zero-order valence-electron chi connectivity index (χ0n) is 9.91. The first-order chi connectivity index (χ1) is 7.95. The molecule has 1 atom stereocenters. The van der Waals surface area contributed by atoms with Gasteiger partial charge in [-0.25, -0.2) is 8.78 Å². The van der Waals surface area contributed by atoms with E-state index >= 15 is 0 Å². The smallest absolute Gasteiger partial charge is 0.227 e. The highest BCUT2D eigenvalue weighted by Gasteiger charge is 2.16. The Balaban J connectivity index is 2.74. The summed E-state index contributed by atoms with van der Waals surface area (Å²) in [5, 5.41) is 0. The monoisotopic (exact) mass is 242 g/mol. The van der Waals surface area contributed by atoms with Gasteiger partial charge < -0.3 is 10.6 Å². The molecule has 1 amide bonds. The molecule has 1 rings (SSSR count). The van der Waals surface area contributed by atoms with Gasteiger partial charge in [0.2, 0.25) is 5.91 Å². The molecule has 3 nitrogen and oxygen atoms in total. The van der Waals surface area contributed by atoms with Crippen molar-refractivity contribution in [2.24, 2.45) is 5.73 Å². The summed E-state index contributed by atoms with van der Waals surface area (Å²) in [5.41, 5.74) is 5.62. The Kier molecular flexibility index (Phi) is 4.57. The number of rotatable bonds is 4. The van der Waals surface area contributed by atoms with Crippen LogP contribution in [0.1, 0.15) is 12.5 Å². The molecule has 0 radical (unpaired) electrons. The fourth-order valence-electron chi connectivity index (χ4n) is 1.36. The van der Waals surface area contributed by atoms with E-state index in [1.165, 1.54) is 11.0 Å². The third-order valence-electron chi connectivity index (χ3n) is 2.75. The van der Waals surface area contributed by atoms with Gasteiger partial charge in [-0.3, -0.25) is 4.79 Å². The number of carbonyl (C=O) groups is 1.